The van der Waals surface area contributed by atoms with Crippen LogP contribution < -0.4 is 0 Å². The highest BCUT2D eigenvalue weighted by atomic mass is 32.2. The van der Waals surface area contributed by atoms with Gasteiger partial charge in [-0.05, 0) is 11.5 Å². The average Bonchev–Trinajstić information content (AvgIpc) is 2.05. The lowest BCUT2D eigenvalue weighted by Gasteiger charge is -2.05. The summed E-state index contributed by atoms with van der Waals surface area (Å²) in [4.78, 5) is 0. The van der Waals surface area contributed by atoms with Crippen molar-refractivity contribution in [3.8, 4) is 0 Å². The molecule has 0 aromatic heterocycles. The van der Waals surface area contributed by atoms with Crippen molar-refractivity contribution < 1.29 is 0 Å². The van der Waals surface area contributed by atoms with Crippen LogP contribution in [-0.4, -0.2) is 11.5 Å². The Bertz CT molecular complexity index is 55.2. The Hall–Kier alpha value is 0.350. The van der Waals surface area contributed by atoms with Crippen LogP contribution in [0.3, 0.4) is 0 Å². The van der Waals surface area contributed by atoms with E-state index in [9.17, 15) is 0 Å². The Kier molecular flexibility index (Phi) is 12.7. The van der Waals surface area contributed by atoms with Crippen molar-refractivity contribution in [1.82, 2.24) is 0 Å². The zero-order valence-corrected chi connectivity index (χ0v) is 10.3. The van der Waals surface area contributed by atoms with Crippen LogP contribution in [0.4, 0.5) is 0 Å². The summed E-state index contributed by atoms with van der Waals surface area (Å²) in [5.41, 5.74) is 0. The quantitative estimate of drug-likeness (QED) is 0.615. The molecule has 0 aromatic carbocycles. The van der Waals surface area contributed by atoms with Gasteiger partial charge in [0.05, 0.1) is 0 Å². The lowest BCUT2D eigenvalue weighted by Crippen LogP contribution is -1.85. The third-order valence-electron chi connectivity index (χ3n) is 2.41. The van der Waals surface area contributed by atoms with Crippen molar-refractivity contribution in [2.24, 2.45) is 0 Å². The fourth-order valence-corrected chi connectivity index (χ4v) is 2.03. The van der Waals surface area contributed by atoms with Gasteiger partial charge in [-0.3, -0.25) is 0 Å². The summed E-state index contributed by atoms with van der Waals surface area (Å²) in [6, 6.07) is 0. The Morgan fingerprint density at radius 2 is 0.846 bits per heavy atom. The summed E-state index contributed by atoms with van der Waals surface area (Å²) < 4.78 is 0. The van der Waals surface area contributed by atoms with Crippen LogP contribution in [0, 0.1) is 0 Å². The normalized spacial score (nSPS) is 18.0. The number of hydrogen-bond donors (Lipinski definition) is 0. The van der Waals surface area contributed by atoms with Crippen LogP contribution in [0.15, 0.2) is 0 Å². The van der Waals surface area contributed by atoms with Crippen LogP contribution in [0.1, 0.15) is 65.2 Å². The van der Waals surface area contributed by atoms with Gasteiger partial charge >= 0.3 is 0 Å². The van der Waals surface area contributed by atoms with E-state index in [4.69, 9.17) is 0 Å². The summed E-state index contributed by atoms with van der Waals surface area (Å²) in [6.45, 7) is 4.35. The molecule has 0 saturated heterocycles. The fraction of sp³-hybridized carbons (Fsp3) is 1.00. The van der Waals surface area contributed by atoms with E-state index < -0.39 is 0 Å². The molecule has 1 fully saturated rings. The molecule has 1 aliphatic carbocycles. The van der Waals surface area contributed by atoms with Gasteiger partial charge in [-0.15, -0.1) is 0 Å². The van der Waals surface area contributed by atoms with Gasteiger partial charge in [0.25, 0.3) is 0 Å². The molecule has 0 heterocycles. The smallest absolute Gasteiger partial charge is 0.00961 e. The maximum Gasteiger partial charge on any atom is -0.00961 e. The third-order valence-corrected chi connectivity index (χ3v) is 3.22. The van der Waals surface area contributed by atoms with Crippen molar-refractivity contribution in [3.05, 3.63) is 0 Å². The maximum atomic E-state index is 2.17. The molecule has 1 heteroatoms. The molecule has 1 rings (SSSR count). The molecular weight excluding hydrogens is 176 g/mol. The number of hydrogen-bond acceptors (Lipinski definition) is 1. The molecule has 13 heavy (non-hydrogen) atoms. The second-order valence-electron chi connectivity index (χ2n) is 3.61. The van der Waals surface area contributed by atoms with Crippen LogP contribution in [-0.2, 0) is 0 Å². The molecule has 0 N–H and O–H groups in total. The van der Waals surface area contributed by atoms with Crippen molar-refractivity contribution in [3.63, 3.8) is 0 Å². The first-order valence-corrected chi connectivity index (χ1v) is 7.15. The van der Waals surface area contributed by atoms with E-state index in [1.54, 1.807) is 0 Å². The Morgan fingerprint density at radius 3 is 0.923 bits per heavy atom. The SMILES string of the molecule is C1CCCCCCC1.CCSCC. The fourth-order valence-electron chi connectivity index (χ4n) is 1.62. The molecule has 1 saturated carbocycles. The highest BCUT2D eigenvalue weighted by Gasteiger charge is 1.95. The molecule has 0 nitrogen and oxygen atoms in total. The Balaban J connectivity index is 0.000000252. The molecule has 0 radical (unpaired) electrons. The van der Waals surface area contributed by atoms with Crippen LogP contribution >= 0.6 is 11.8 Å². The third kappa shape index (κ3) is 12.4. The van der Waals surface area contributed by atoms with Crippen LogP contribution in [0.5, 0.6) is 0 Å². The van der Waals surface area contributed by atoms with Crippen LogP contribution in [0.2, 0.25) is 0 Å². The topological polar surface area (TPSA) is 0 Å². The largest absolute Gasteiger partial charge is 0.163 e. The highest BCUT2D eigenvalue weighted by Crippen LogP contribution is 2.15. The monoisotopic (exact) mass is 202 g/mol. The van der Waals surface area contributed by atoms with Crippen molar-refractivity contribution in [2.45, 2.75) is 65.2 Å². The predicted octanol–water partition coefficient (Wildman–Crippen LogP) is 4.88. The first-order chi connectivity index (χ1) is 6.41. The first kappa shape index (κ1) is 13.4. The van der Waals surface area contributed by atoms with Gasteiger partial charge in [-0.1, -0.05) is 65.2 Å². The van der Waals surface area contributed by atoms with Gasteiger partial charge in [-0.25, -0.2) is 0 Å². The van der Waals surface area contributed by atoms with Gasteiger partial charge in [0.15, 0.2) is 0 Å². The minimum absolute atomic E-state index is 1.26. The van der Waals surface area contributed by atoms with Crippen molar-refractivity contribution >= 4 is 11.8 Å². The molecule has 0 aliphatic heterocycles. The van der Waals surface area contributed by atoms with E-state index in [-0.39, 0.29) is 0 Å². The molecule has 0 amide bonds. The lowest BCUT2D eigenvalue weighted by atomic mass is 10.0. The second kappa shape index (κ2) is 12.3. The summed E-state index contributed by atoms with van der Waals surface area (Å²) in [5.74, 6) is 2.52. The second-order valence-corrected chi connectivity index (χ2v) is 5.17. The zero-order chi connectivity index (χ0) is 9.78. The molecule has 80 valence electrons. The summed E-state index contributed by atoms with van der Waals surface area (Å²) in [5, 5.41) is 0. The van der Waals surface area contributed by atoms with E-state index >= 15 is 0 Å². The van der Waals surface area contributed by atoms with E-state index in [0.717, 1.165) is 0 Å². The average molecular weight is 202 g/mol. The summed E-state index contributed by atoms with van der Waals surface area (Å²) in [7, 11) is 0. The van der Waals surface area contributed by atoms with Gasteiger partial charge in [0.1, 0.15) is 0 Å². The van der Waals surface area contributed by atoms with E-state index in [2.05, 4.69) is 13.8 Å². The predicted molar refractivity (Wildman–Crippen MR) is 65.6 cm³/mol. The van der Waals surface area contributed by atoms with E-state index in [0.29, 0.717) is 0 Å². The molecule has 0 spiro atoms. The molecule has 0 unspecified atom stereocenters. The molecule has 0 bridgehead atoms. The van der Waals surface area contributed by atoms with Gasteiger partial charge in [-0.2, -0.15) is 11.8 Å². The van der Waals surface area contributed by atoms with Crippen molar-refractivity contribution in [2.75, 3.05) is 11.5 Å². The van der Waals surface area contributed by atoms with E-state index in [1.165, 1.54) is 62.9 Å². The van der Waals surface area contributed by atoms with Crippen molar-refractivity contribution in [1.29, 1.82) is 0 Å². The number of thioether (sulfide) groups is 1. The standard InChI is InChI=1S/C8H16.C4H10S/c1-2-4-6-8-7-5-3-1;1-3-5-4-2/h1-8H2;3-4H2,1-2H3. The minimum atomic E-state index is 1.26. The minimum Gasteiger partial charge on any atom is -0.163 e. The zero-order valence-electron chi connectivity index (χ0n) is 9.48. The van der Waals surface area contributed by atoms with Gasteiger partial charge in [0, 0.05) is 0 Å². The summed E-state index contributed by atoms with van der Waals surface area (Å²) >= 11 is 1.96. The Morgan fingerprint density at radius 1 is 0.615 bits per heavy atom. The summed E-state index contributed by atoms with van der Waals surface area (Å²) in [6.07, 6.45) is 12.0. The highest BCUT2D eigenvalue weighted by molar-refractivity contribution is 7.99. The van der Waals surface area contributed by atoms with Crippen LogP contribution in [0.25, 0.3) is 0 Å². The first-order valence-electron chi connectivity index (χ1n) is 5.99. The lowest BCUT2D eigenvalue weighted by molar-refractivity contribution is 0.504. The molecule has 1 aliphatic rings. The number of rotatable bonds is 2. The molecule has 0 atom stereocenters. The maximum absolute atomic E-state index is 2.17. The van der Waals surface area contributed by atoms with Gasteiger partial charge in [0.2, 0.25) is 0 Å². The van der Waals surface area contributed by atoms with Gasteiger partial charge < -0.3 is 0 Å². The van der Waals surface area contributed by atoms with E-state index in [1.807, 2.05) is 11.8 Å². The Labute approximate surface area is 88.9 Å². The molecule has 0 aromatic rings. The molecular formula is C12H26S.